The van der Waals surface area contributed by atoms with E-state index in [-0.39, 0.29) is 9.90 Å². The zero-order valence-electron chi connectivity index (χ0n) is 20.7. The molecule has 0 spiro atoms. The zero-order valence-corrected chi connectivity index (χ0v) is 21.5. The number of nitrogens with zero attached hydrogens (tertiary/aromatic N) is 9. The average molecular weight is 506 g/mol. The van der Waals surface area contributed by atoms with Gasteiger partial charge in [-0.15, -0.1) is 0 Å². The van der Waals surface area contributed by atoms with Crippen LogP contribution in [0.5, 0.6) is 11.5 Å². The Balaban J connectivity index is 1.37. The highest BCUT2D eigenvalue weighted by molar-refractivity contribution is 6.37. The first-order chi connectivity index (χ1) is 17.1. The van der Waals surface area contributed by atoms with Gasteiger partial charge in [0.2, 0.25) is 11.7 Å². The van der Waals surface area contributed by atoms with Crippen LogP contribution < -0.4 is 14.5 Å². The van der Waals surface area contributed by atoms with E-state index in [1.165, 1.54) is 5.69 Å². The monoisotopic (exact) mass is 505 g/mol. The third kappa shape index (κ3) is 2.80. The van der Waals surface area contributed by atoms with Crippen molar-refractivity contribution in [2.24, 2.45) is 7.05 Å². The van der Waals surface area contributed by atoms with Crippen molar-refractivity contribution in [3.8, 4) is 11.5 Å². The Kier molecular flexibility index (Phi) is 4.16. The fraction of sp³-hybridized carbons (Fsp3) is 0.375. The first-order valence-corrected chi connectivity index (χ1v) is 12.3. The van der Waals surface area contributed by atoms with Crippen molar-refractivity contribution >= 4 is 51.7 Å². The largest absolute Gasteiger partial charge is 0.443 e. The number of halogens is 1. The average Bonchev–Trinajstić information content (AvgIpc) is 3.50. The van der Waals surface area contributed by atoms with Crippen molar-refractivity contribution in [2.45, 2.75) is 38.6 Å². The van der Waals surface area contributed by atoms with Gasteiger partial charge in [0.05, 0.1) is 26.5 Å². The summed E-state index contributed by atoms with van der Waals surface area (Å²) in [5.41, 5.74) is 3.28. The van der Waals surface area contributed by atoms with Crippen molar-refractivity contribution < 1.29 is 4.74 Å². The Morgan fingerprint density at radius 1 is 1.17 bits per heavy atom. The Morgan fingerprint density at radius 2 is 2.00 bits per heavy atom. The number of ether oxygens (including phenoxy) is 1. The van der Waals surface area contributed by atoms with Crippen LogP contribution in [0, 0.1) is 0 Å². The molecule has 2 aliphatic rings. The van der Waals surface area contributed by atoms with Crippen LogP contribution in [-0.2, 0) is 19.0 Å². The van der Waals surface area contributed by atoms with E-state index >= 15 is 0 Å². The van der Waals surface area contributed by atoms with Gasteiger partial charge >= 0.3 is 0 Å². The second kappa shape index (κ2) is 6.95. The van der Waals surface area contributed by atoms with Gasteiger partial charge in [0.1, 0.15) is 10.5 Å². The number of quaternary nitrogens is 1. The van der Waals surface area contributed by atoms with Gasteiger partial charge in [-0.3, -0.25) is 4.68 Å². The van der Waals surface area contributed by atoms with Crippen molar-refractivity contribution in [3.63, 3.8) is 0 Å². The lowest BCUT2D eigenvalue weighted by molar-refractivity contribution is 0.344. The van der Waals surface area contributed by atoms with E-state index in [1.807, 2.05) is 25.7 Å². The zero-order chi connectivity index (χ0) is 25.0. The fourth-order valence-corrected chi connectivity index (χ4v) is 5.78. The molecule has 7 heterocycles. The van der Waals surface area contributed by atoms with Crippen LogP contribution in [0.25, 0.3) is 16.7 Å². The Morgan fingerprint density at radius 3 is 2.81 bits per heavy atom. The smallest absolute Gasteiger partial charge is 0.281 e. The third-order valence-corrected chi connectivity index (χ3v) is 7.78. The summed E-state index contributed by atoms with van der Waals surface area (Å²) in [6, 6.07) is 2.11. The van der Waals surface area contributed by atoms with E-state index in [2.05, 4.69) is 40.0 Å². The van der Waals surface area contributed by atoms with Crippen LogP contribution in [0.1, 0.15) is 32.4 Å². The molecule has 36 heavy (non-hydrogen) atoms. The summed E-state index contributed by atoms with van der Waals surface area (Å²) in [4.78, 5) is 14.4. The molecule has 2 aliphatic heterocycles. The van der Waals surface area contributed by atoms with Gasteiger partial charge in [-0.1, -0.05) is 25.4 Å². The van der Waals surface area contributed by atoms with Gasteiger partial charge in [-0.25, -0.2) is 14.0 Å². The molecule has 11 nitrogen and oxygen atoms in total. The number of aryl methyl sites for hydroxylation is 2. The van der Waals surface area contributed by atoms with Gasteiger partial charge < -0.3 is 14.6 Å². The highest BCUT2D eigenvalue weighted by atomic mass is 35.5. The van der Waals surface area contributed by atoms with E-state index in [4.69, 9.17) is 31.4 Å². The highest BCUT2D eigenvalue weighted by Gasteiger charge is 2.40. The molecule has 0 radical (unpaired) electrons. The topological polar surface area (TPSA) is 100.0 Å². The van der Waals surface area contributed by atoms with Crippen LogP contribution >= 0.6 is 11.6 Å². The number of hydrogen-bond acceptors (Lipinski definition) is 7. The number of imidazole rings is 1. The minimum Gasteiger partial charge on any atom is -0.443 e. The molecule has 0 saturated carbocycles. The normalized spacial score (nSPS) is 17.5. The summed E-state index contributed by atoms with van der Waals surface area (Å²) in [5, 5.41) is 13.0. The number of hydrogen-bond donors (Lipinski definition) is 1. The second-order valence-corrected chi connectivity index (χ2v) is 11.0. The summed E-state index contributed by atoms with van der Waals surface area (Å²) >= 11 is 7.01. The van der Waals surface area contributed by atoms with Crippen molar-refractivity contribution in [1.82, 2.24) is 43.4 Å². The van der Waals surface area contributed by atoms with Crippen molar-refractivity contribution in [2.75, 3.05) is 19.4 Å². The standard InChI is InChI=1S/C24H26ClN10O/c1-24(2)7-6-9-33-14(24)11-15(31-33)28-23-30-20-18(32(23)3)16(25)19-22(29-20)35(4,5)21-17-13(36-19)12-27-34(17)10-8-26-21/h8,10-12H,6-7,9H2,1-5H3,(H,28,29,30,31)/q+1. The van der Waals surface area contributed by atoms with E-state index in [1.54, 1.807) is 23.1 Å². The predicted molar refractivity (Wildman–Crippen MR) is 138 cm³/mol. The van der Waals surface area contributed by atoms with E-state index in [0.29, 0.717) is 39.5 Å². The molecule has 12 heteroatoms. The minimum absolute atomic E-state index is 0.0878. The van der Waals surface area contributed by atoms with Gasteiger partial charge in [0.25, 0.3) is 11.6 Å². The van der Waals surface area contributed by atoms with Gasteiger partial charge in [-0.2, -0.15) is 20.2 Å². The molecular formula is C24H26ClN10O+. The van der Waals surface area contributed by atoms with Crippen LogP contribution in [0.2, 0.25) is 5.02 Å². The Labute approximate surface area is 211 Å². The van der Waals surface area contributed by atoms with E-state index in [9.17, 15) is 0 Å². The number of aromatic nitrogens is 8. The quantitative estimate of drug-likeness (QED) is 0.348. The maximum absolute atomic E-state index is 7.01. The lowest BCUT2D eigenvalue weighted by Gasteiger charge is -2.30. The summed E-state index contributed by atoms with van der Waals surface area (Å²) in [5.74, 6) is 3.78. The van der Waals surface area contributed by atoms with Gasteiger partial charge in [0, 0.05) is 37.0 Å². The highest BCUT2D eigenvalue weighted by Crippen LogP contribution is 2.50. The fourth-order valence-electron chi connectivity index (χ4n) is 5.45. The number of nitrogens with one attached hydrogen (secondary N) is 1. The molecule has 184 valence electrons. The first-order valence-electron chi connectivity index (χ1n) is 11.9. The van der Waals surface area contributed by atoms with Crippen molar-refractivity contribution in [3.05, 3.63) is 35.4 Å². The molecule has 0 amide bonds. The van der Waals surface area contributed by atoms with Crippen molar-refractivity contribution in [1.29, 1.82) is 0 Å². The van der Waals surface area contributed by atoms with Crippen LogP contribution in [0.15, 0.2) is 24.7 Å². The predicted octanol–water partition coefficient (Wildman–Crippen LogP) is 4.68. The Hall–Kier alpha value is -3.70. The van der Waals surface area contributed by atoms with E-state index in [0.717, 1.165) is 36.5 Å². The molecule has 0 bridgehead atoms. The summed E-state index contributed by atoms with van der Waals surface area (Å²) in [7, 11) is 5.91. The number of fused-ring (bicyclic) bond motifs is 3. The molecule has 0 unspecified atom stereocenters. The second-order valence-electron chi connectivity index (χ2n) is 10.6. The number of rotatable bonds is 2. The molecule has 0 aromatic carbocycles. The molecule has 5 aromatic rings. The summed E-state index contributed by atoms with van der Waals surface area (Å²) < 4.78 is 12.3. The molecule has 5 aromatic heterocycles. The lowest BCUT2D eigenvalue weighted by Crippen LogP contribution is -2.36. The van der Waals surface area contributed by atoms with Crippen LogP contribution in [0.3, 0.4) is 0 Å². The SMILES string of the molecule is Cn1c(Nc2cc3n(n2)CCCC3(C)C)nc2nc3c(c(Cl)c21)Oc1cnn2ccnc(c12)[N+]3(C)C. The van der Waals surface area contributed by atoms with E-state index < -0.39 is 0 Å². The minimum atomic E-state index is 0.0878. The third-order valence-electron chi connectivity index (χ3n) is 7.43. The van der Waals surface area contributed by atoms with Crippen LogP contribution in [0.4, 0.5) is 23.4 Å². The molecule has 0 fully saturated rings. The lowest BCUT2D eigenvalue weighted by atomic mass is 9.82. The molecule has 7 rings (SSSR count). The number of pyridine rings is 1. The van der Waals surface area contributed by atoms with Crippen LogP contribution in [-0.4, -0.2) is 53.0 Å². The maximum atomic E-state index is 7.01. The molecular weight excluding hydrogens is 480 g/mol. The maximum Gasteiger partial charge on any atom is 0.281 e. The molecule has 0 aliphatic carbocycles. The summed E-state index contributed by atoms with van der Waals surface area (Å²) in [6.07, 6.45) is 7.45. The Bertz CT molecular complexity index is 1710. The van der Waals surface area contributed by atoms with Gasteiger partial charge in [0.15, 0.2) is 22.7 Å². The summed E-state index contributed by atoms with van der Waals surface area (Å²) in [6.45, 7) is 5.44. The molecule has 0 saturated heterocycles. The molecule has 0 atom stereocenters. The van der Waals surface area contributed by atoms with Gasteiger partial charge in [-0.05, 0) is 12.8 Å². The molecule has 1 N–H and O–H groups in total. The first kappa shape index (κ1) is 21.6. The number of anilines is 2.